The second-order valence-corrected chi connectivity index (χ2v) is 5.44. The molecular formula is C12H11Cl3N4O. The predicted molar refractivity (Wildman–Crippen MR) is 81.6 cm³/mol. The van der Waals surface area contributed by atoms with Gasteiger partial charge in [-0.1, -0.05) is 40.4 Å². The molecule has 0 bridgehead atoms. The van der Waals surface area contributed by atoms with Gasteiger partial charge in [0.1, 0.15) is 5.02 Å². The average molecular weight is 334 g/mol. The van der Waals surface area contributed by atoms with Crippen molar-refractivity contribution < 1.29 is 4.79 Å². The lowest BCUT2D eigenvalue weighted by molar-refractivity contribution is 0.0950. The molecule has 0 aromatic carbocycles. The van der Waals surface area contributed by atoms with Crippen molar-refractivity contribution in [1.82, 2.24) is 10.4 Å². The molecule has 0 aliphatic heterocycles. The molecule has 5 nitrogen and oxygen atoms in total. The van der Waals surface area contributed by atoms with Crippen LogP contribution >= 0.6 is 34.8 Å². The number of carbonyl (C=O) groups is 1. The molecule has 1 aliphatic rings. The van der Waals surface area contributed by atoms with Crippen LogP contribution in [-0.4, -0.2) is 16.6 Å². The molecule has 1 amide bonds. The van der Waals surface area contributed by atoms with Gasteiger partial charge in [-0.05, 0) is 25.8 Å². The van der Waals surface area contributed by atoms with Gasteiger partial charge in [0.15, 0.2) is 10.8 Å². The highest BCUT2D eigenvalue weighted by Gasteiger charge is 2.19. The van der Waals surface area contributed by atoms with Crippen molar-refractivity contribution in [3.05, 3.63) is 32.5 Å². The van der Waals surface area contributed by atoms with E-state index in [1.54, 1.807) is 0 Å². The molecule has 0 saturated heterocycles. The lowest BCUT2D eigenvalue weighted by Gasteiger charge is -2.07. The normalized spacial score (nSPS) is 16.4. The van der Waals surface area contributed by atoms with Gasteiger partial charge in [0.2, 0.25) is 0 Å². The second kappa shape index (κ2) is 5.99. The summed E-state index contributed by atoms with van der Waals surface area (Å²) in [6.45, 7) is 2.00. The maximum atomic E-state index is 12.0. The fourth-order valence-electron chi connectivity index (χ4n) is 1.70. The Kier molecular flexibility index (Phi) is 4.52. The number of halogens is 3. The summed E-state index contributed by atoms with van der Waals surface area (Å²) in [6.07, 6.45) is 3.64. The minimum Gasteiger partial charge on any atom is -0.396 e. The Hall–Kier alpha value is -1.30. The molecule has 0 radical (unpaired) electrons. The Morgan fingerprint density at radius 1 is 1.35 bits per heavy atom. The molecule has 0 unspecified atom stereocenters. The molecule has 1 aliphatic carbocycles. The average Bonchev–Trinajstić information content (AvgIpc) is 2.83. The molecule has 1 aromatic rings. The van der Waals surface area contributed by atoms with E-state index in [1.807, 2.05) is 13.0 Å². The summed E-state index contributed by atoms with van der Waals surface area (Å²) in [5.41, 5.74) is 9.93. The van der Waals surface area contributed by atoms with E-state index in [1.165, 1.54) is 5.57 Å². The van der Waals surface area contributed by atoms with Gasteiger partial charge < -0.3 is 5.73 Å². The molecule has 3 N–H and O–H groups in total. The number of hydrogen-bond acceptors (Lipinski definition) is 4. The Morgan fingerprint density at radius 3 is 2.65 bits per heavy atom. The van der Waals surface area contributed by atoms with Gasteiger partial charge in [-0.2, -0.15) is 5.10 Å². The predicted octanol–water partition coefficient (Wildman–Crippen LogP) is 3.45. The Bertz CT molecular complexity index is 640. The SMILES string of the molecule is CC1=C/C(=N\NC(=O)c2nc(Cl)c(Cl)c(N)c2Cl)CC1. The van der Waals surface area contributed by atoms with Gasteiger partial charge in [-0.25, -0.2) is 10.4 Å². The lowest BCUT2D eigenvalue weighted by Crippen LogP contribution is -2.21. The summed E-state index contributed by atoms with van der Waals surface area (Å²) < 4.78 is 0. The van der Waals surface area contributed by atoms with Crippen LogP contribution in [0.5, 0.6) is 0 Å². The van der Waals surface area contributed by atoms with Crippen LogP contribution in [0.25, 0.3) is 0 Å². The molecule has 0 fully saturated rings. The third kappa shape index (κ3) is 3.06. The molecular weight excluding hydrogens is 323 g/mol. The van der Waals surface area contributed by atoms with Crippen LogP contribution in [-0.2, 0) is 0 Å². The Balaban J connectivity index is 2.22. The summed E-state index contributed by atoms with van der Waals surface area (Å²) >= 11 is 17.5. The van der Waals surface area contributed by atoms with Gasteiger partial charge >= 0.3 is 0 Å². The number of rotatable bonds is 2. The molecule has 8 heteroatoms. The van der Waals surface area contributed by atoms with Crippen molar-refractivity contribution in [2.45, 2.75) is 19.8 Å². The van der Waals surface area contributed by atoms with E-state index < -0.39 is 5.91 Å². The molecule has 20 heavy (non-hydrogen) atoms. The van der Waals surface area contributed by atoms with E-state index in [2.05, 4.69) is 15.5 Å². The summed E-state index contributed by atoms with van der Waals surface area (Å²) in [5.74, 6) is -0.592. The Morgan fingerprint density at radius 2 is 2.05 bits per heavy atom. The maximum absolute atomic E-state index is 12.0. The van der Waals surface area contributed by atoms with E-state index in [-0.39, 0.29) is 26.6 Å². The number of nitrogens with one attached hydrogen (secondary N) is 1. The van der Waals surface area contributed by atoms with Gasteiger partial charge in [0.25, 0.3) is 5.91 Å². The number of allylic oxidation sites excluding steroid dienone is 2. The number of nitrogen functional groups attached to an aromatic ring is 1. The van der Waals surface area contributed by atoms with Gasteiger partial charge in [0, 0.05) is 0 Å². The zero-order valence-corrected chi connectivity index (χ0v) is 12.8. The van der Waals surface area contributed by atoms with Crippen LogP contribution in [0.1, 0.15) is 30.3 Å². The number of nitrogens with zero attached hydrogens (tertiary/aromatic N) is 2. The maximum Gasteiger partial charge on any atom is 0.291 e. The third-order valence-electron chi connectivity index (χ3n) is 2.78. The smallest absolute Gasteiger partial charge is 0.291 e. The number of carbonyl (C=O) groups excluding carboxylic acids is 1. The van der Waals surface area contributed by atoms with Crippen molar-refractivity contribution in [2.24, 2.45) is 5.10 Å². The summed E-state index contributed by atoms with van der Waals surface area (Å²) in [5, 5.41) is 3.89. The first-order valence-electron chi connectivity index (χ1n) is 5.74. The molecule has 106 valence electrons. The highest BCUT2D eigenvalue weighted by molar-refractivity contribution is 6.46. The molecule has 2 rings (SSSR count). The number of nitrogens with two attached hydrogens (primary N) is 1. The molecule has 0 saturated carbocycles. The minimum absolute atomic E-state index is 0.0164. The quantitative estimate of drug-likeness (QED) is 0.642. The van der Waals surface area contributed by atoms with Crippen molar-refractivity contribution >= 4 is 52.1 Å². The van der Waals surface area contributed by atoms with Gasteiger partial charge in [-0.3, -0.25) is 4.79 Å². The van der Waals surface area contributed by atoms with Crippen LogP contribution in [0.4, 0.5) is 5.69 Å². The summed E-state index contributed by atoms with van der Waals surface area (Å²) in [4.78, 5) is 15.8. The van der Waals surface area contributed by atoms with Crippen molar-refractivity contribution in [3.63, 3.8) is 0 Å². The molecule has 0 spiro atoms. The fraction of sp³-hybridized carbons (Fsp3) is 0.250. The number of hydrogen-bond donors (Lipinski definition) is 2. The zero-order valence-electron chi connectivity index (χ0n) is 10.5. The first kappa shape index (κ1) is 15.1. The Labute approximate surface area is 130 Å². The van der Waals surface area contributed by atoms with E-state index >= 15 is 0 Å². The van der Waals surface area contributed by atoms with Crippen molar-refractivity contribution in [2.75, 3.05) is 5.73 Å². The van der Waals surface area contributed by atoms with Gasteiger partial charge in [0.05, 0.1) is 16.4 Å². The van der Waals surface area contributed by atoms with Crippen LogP contribution in [0.2, 0.25) is 15.2 Å². The zero-order chi connectivity index (χ0) is 14.9. The monoisotopic (exact) mass is 332 g/mol. The molecule has 1 heterocycles. The highest BCUT2D eigenvalue weighted by atomic mass is 35.5. The number of amides is 1. The van der Waals surface area contributed by atoms with Gasteiger partial charge in [-0.15, -0.1) is 0 Å². The van der Waals surface area contributed by atoms with Crippen LogP contribution in [0.15, 0.2) is 16.8 Å². The summed E-state index contributed by atoms with van der Waals surface area (Å²) in [6, 6.07) is 0. The number of anilines is 1. The number of hydrazone groups is 1. The first-order valence-corrected chi connectivity index (χ1v) is 6.87. The fourth-order valence-corrected chi connectivity index (χ4v) is 2.29. The summed E-state index contributed by atoms with van der Waals surface area (Å²) in [7, 11) is 0. The number of aromatic nitrogens is 1. The van der Waals surface area contributed by atoms with Crippen LogP contribution < -0.4 is 11.2 Å². The number of pyridine rings is 1. The van der Waals surface area contributed by atoms with E-state index in [0.29, 0.717) is 0 Å². The third-order valence-corrected chi connectivity index (χ3v) is 3.91. The second-order valence-electron chi connectivity index (χ2n) is 4.33. The van der Waals surface area contributed by atoms with E-state index in [9.17, 15) is 4.79 Å². The standard InChI is InChI=1S/C12H11Cl3N4O/c1-5-2-3-6(4-5)18-19-12(20)10-7(13)9(16)8(14)11(15)17-10/h4H,2-3H2,1H3,(H2,16,17)(H,19,20)/b18-6-. The highest BCUT2D eigenvalue weighted by Crippen LogP contribution is 2.34. The first-order chi connectivity index (χ1) is 9.40. The van der Waals surface area contributed by atoms with Crippen molar-refractivity contribution in [3.8, 4) is 0 Å². The lowest BCUT2D eigenvalue weighted by atomic mass is 10.3. The van der Waals surface area contributed by atoms with Crippen LogP contribution in [0.3, 0.4) is 0 Å². The topological polar surface area (TPSA) is 80.4 Å². The van der Waals surface area contributed by atoms with Crippen LogP contribution in [0, 0.1) is 0 Å². The minimum atomic E-state index is -0.592. The molecule has 1 aromatic heterocycles. The van der Waals surface area contributed by atoms with E-state index in [0.717, 1.165) is 18.6 Å². The van der Waals surface area contributed by atoms with Crippen molar-refractivity contribution in [1.29, 1.82) is 0 Å². The largest absolute Gasteiger partial charge is 0.396 e. The van der Waals surface area contributed by atoms with E-state index in [4.69, 9.17) is 40.5 Å². The molecule has 0 atom stereocenters.